The number of nitrogens with one attached hydrogen (secondary N) is 1. The maximum absolute atomic E-state index is 11.3. The number of nitrogens with two attached hydrogens (primary N) is 1. The number of benzene rings is 2. The summed E-state index contributed by atoms with van der Waals surface area (Å²) in [5.74, 6) is 1.62. The molecule has 1 aliphatic carbocycles. The van der Waals surface area contributed by atoms with Crippen molar-refractivity contribution in [2.45, 2.75) is 31.8 Å². The van der Waals surface area contributed by atoms with Crippen LogP contribution in [0.2, 0.25) is 0 Å². The first-order valence-electron chi connectivity index (χ1n) is 9.29. The van der Waals surface area contributed by atoms with Crippen molar-refractivity contribution < 1.29 is 14.6 Å². The minimum absolute atomic E-state index is 0.136. The first-order valence-corrected chi connectivity index (χ1v) is 9.29. The van der Waals surface area contributed by atoms with Gasteiger partial charge in [0, 0.05) is 11.1 Å². The number of rotatable bonds is 5. The lowest BCUT2D eigenvalue weighted by Gasteiger charge is -2.25. The van der Waals surface area contributed by atoms with E-state index in [0.717, 1.165) is 48.3 Å². The standard InChI is InChI=1S/C21H23N3O3/c22-20(26)15-5-10-18-19(11-15)24-21(23-18)14-3-8-17(9-4-14)27-12-13-1-6-16(25)7-2-13/h3-5,8-11,13,16,25H,1-2,6-7,12H2,(H2,22,26)(H,23,24)/t13-,16-. The predicted molar refractivity (Wildman–Crippen MR) is 104 cm³/mol. The van der Waals surface area contributed by atoms with Gasteiger partial charge in [0.2, 0.25) is 5.91 Å². The van der Waals surface area contributed by atoms with Crippen molar-refractivity contribution >= 4 is 16.9 Å². The molecule has 3 aromatic rings. The van der Waals surface area contributed by atoms with Gasteiger partial charge in [0.15, 0.2) is 0 Å². The summed E-state index contributed by atoms with van der Waals surface area (Å²) in [7, 11) is 0. The molecule has 1 aliphatic rings. The summed E-state index contributed by atoms with van der Waals surface area (Å²) >= 11 is 0. The average molecular weight is 365 g/mol. The van der Waals surface area contributed by atoms with Crippen molar-refractivity contribution in [3.8, 4) is 17.1 Å². The average Bonchev–Trinajstić information content (AvgIpc) is 3.11. The highest BCUT2D eigenvalue weighted by molar-refractivity contribution is 5.96. The molecule has 1 saturated carbocycles. The molecule has 6 heteroatoms. The van der Waals surface area contributed by atoms with Crippen molar-refractivity contribution in [2.75, 3.05) is 6.61 Å². The van der Waals surface area contributed by atoms with Crippen LogP contribution in [0.25, 0.3) is 22.4 Å². The van der Waals surface area contributed by atoms with E-state index in [1.165, 1.54) is 0 Å². The van der Waals surface area contributed by atoms with Gasteiger partial charge in [-0.3, -0.25) is 4.79 Å². The van der Waals surface area contributed by atoms with E-state index < -0.39 is 5.91 Å². The maximum atomic E-state index is 11.3. The monoisotopic (exact) mass is 365 g/mol. The van der Waals surface area contributed by atoms with Crippen molar-refractivity contribution in [1.29, 1.82) is 0 Å². The van der Waals surface area contributed by atoms with Gasteiger partial charge in [0.1, 0.15) is 11.6 Å². The summed E-state index contributed by atoms with van der Waals surface area (Å²) in [6.07, 6.45) is 3.65. The first-order chi connectivity index (χ1) is 13.1. The largest absolute Gasteiger partial charge is 0.493 e. The Kier molecular flexibility index (Phi) is 4.81. The number of carbonyl (C=O) groups excluding carboxylic acids is 1. The highest BCUT2D eigenvalue weighted by atomic mass is 16.5. The lowest BCUT2D eigenvalue weighted by atomic mass is 9.88. The number of amides is 1. The fourth-order valence-electron chi connectivity index (χ4n) is 3.53. The highest BCUT2D eigenvalue weighted by Crippen LogP contribution is 2.27. The molecule has 1 heterocycles. The van der Waals surface area contributed by atoms with E-state index in [1.54, 1.807) is 12.1 Å². The van der Waals surface area contributed by atoms with E-state index >= 15 is 0 Å². The third-order valence-corrected chi connectivity index (χ3v) is 5.20. The molecule has 140 valence electrons. The van der Waals surface area contributed by atoms with Gasteiger partial charge in [-0.05, 0) is 74.1 Å². The fourth-order valence-corrected chi connectivity index (χ4v) is 3.53. The van der Waals surface area contributed by atoms with Crippen LogP contribution >= 0.6 is 0 Å². The molecule has 1 aromatic heterocycles. The molecule has 27 heavy (non-hydrogen) atoms. The highest BCUT2D eigenvalue weighted by Gasteiger charge is 2.19. The van der Waals surface area contributed by atoms with Gasteiger partial charge in [-0.15, -0.1) is 0 Å². The van der Waals surface area contributed by atoms with Crippen molar-refractivity contribution in [3.05, 3.63) is 48.0 Å². The minimum Gasteiger partial charge on any atom is -0.493 e. The molecule has 0 aliphatic heterocycles. The number of aliphatic hydroxyl groups excluding tert-OH is 1. The van der Waals surface area contributed by atoms with E-state index in [-0.39, 0.29) is 6.10 Å². The number of carbonyl (C=O) groups is 1. The maximum Gasteiger partial charge on any atom is 0.248 e. The Morgan fingerprint density at radius 3 is 2.59 bits per heavy atom. The second-order valence-corrected chi connectivity index (χ2v) is 7.19. The second-order valence-electron chi connectivity index (χ2n) is 7.19. The zero-order valence-corrected chi connectivity index (χ0v) is 15.0. The van der Waals surface area contributed by atoms with Crippen LogP contribution in [0.15, 0.2) is 42.5 Å². The Morgan fingerprint density at radius 2 is 1.89 bits per heavy atom. The number of nitrogens with zero attached hydrogens (tertiary/aromatic N) is 1. The summed E-state index contributed by atoms with van der Waals surface area (Å²) in [6.45, 7) is 0.687. The molecule has 0 unspecified atom stereocenters. The molecule has 4 N–H and O–H groups in total. The van der Waals surface area contributed by atoms with Crippen molar-refractivity contribution in [3.63, 3.8) is 0 Å². The Bertz CT molecular complexity index is 941. The summed E-state index contributed by atoms with van der Waals surface area (Å²) in [4.78, 5) is 19.1. The minimum atomic E-state index is -0.463. The predicted octanol–water partition coefficient (Wildman–Crippen LogP) is 3.26. The molecule has 6 nitrogen and oxygen atoms in total. The molecule has 0 saturated heterocycles. The number of aromatic amines is 1. The molecule has 0 atom stereocenters. The van der Waals surface area contributed by atoms with Gasteiger partial charge >= 0.3 is 0 Å². The number of primary amides is 1. The summed E-state index contributed by atoms with van der Waals surface area (Å²) in [5, 5.41) is 9.57. The van der Waals surface area contributed by atoms with Crippen molar-refractivity contribution in [2.24, 2.45) is 11.7 Å². The Balaban J connectivity index is 1.44. The lowest BCUT2D eigenvalue weighted by Crippen LogP contribution is -2.22. The number of hydrogen-bond donors (Lipinski definition) is 3. The Morgan fingerprint density at radius 1 is 1.15 bits per heavy atom. The molecular weight excluding hydrogens is 342 g/mol. The van der Waals surface area contributed by atoms with E-state index in [2.05, 4.69) is 9.97 Å². The third kappa shape index (κ3) is 3.95. The van der Waals surface area contributed by atoms with Gasteiger partial charge in [-0.1, -0.05) is 0 Å². The van der Waals surface area contributed by atoms with Crippen LogP contribution in [0.1, 0.15) is 36.0 Å². The molecule has 1 fully saturated rings. The Hall–Kier alpha value is -2.86. The van der Waals surface area contributed by atoms with Gasteiger partial charge < -0.3 is 20.6 Å². The number of aromatic nitrogens is 2. The SMILES string of the molecule is NC(=O)c1ccc2[nH]c(-c3ccc(OC[C@H]4CC[C@H](O)CC4)cc3)nc2c1. The number of imidazole rings is 1. The Labute approximate surface area is 157 Å². The van der Waals surface area contributed by atoms with E-state index in [1.807, 2.05) is 30.3 Å². The van der Waals surface area contributed by atoms with E-state index in [4.69, 9.17) is 10.5 Å². The van der Waals surface area contributed by atoms with Gasteiger partial charge in [-0.25, -0.2) is 4.98 Å². The van der Waals surface area contributed by atoms with Crippen LogP contribution in [0, 0.1) is 5.92 Å². The second kappa shape index (κ2) is 7.40. The van der Waals surface area contributed by atoms with Crippen LogP contribution in [0.3, 0.4) is 0 Å². The zero-order chi connectivity index (χ0) is 18.8. The number of H-pyrrole nitrogens is 1. The molecule has 0 bridgehead atoms. The third-order valence-electron chi connectivity index (χ3n) is 5.20. The quantitative estimate of drug-likeness (QED) is 0.646. The fraction of sp³-hybridized carbons (Fsp3) is 0.333. The van der Waals surface area contributed by atoms with Gasteiger partial charge in [0.05, 0.1) is 23.7 Å². The van der Waals surface area contributed by atoms with Gasteiger partial charge in [0.25, 0.3) is 0 Å². The molecule has 4 rings (SSSR count). The molecule has 0 spiro atoms. The van der Waals surface area contributed by atoms with Crippen LogP contribution in [-0.4, -0.2) is 33.7 Å². The molecule has 0 radical (unpaired) electrons. The van der Waals surface area contributed by atoms with Crippen LogP contribution in [0.5, 0.6) is 5.75 Å². The van der Waals surface area contributed by atoms with E-state index in [9.17, 15) is 9.90 Å². The molecule has 1 amide bonds. The number of fused-ring (bicyclic) bond motifs is 1. The van der Waals surface area contributed by atoms with Crippen molar-refractivity contribution in [1.82, 2.24) is 9.97 Å². The smallest absolute Gasteiger partial charge is 0.248 e. The normalized spacial score (nSPS) is 19.9. The van der Waals surface area contributed by atoms with Crippen LogP contribution in [0.4, 0.5) is 0 Å². The number of hydrogen-bond acceptors (Lipinski definition) is 4. The zero-order valence-electron chi connectivity index (χ0n) is 15.0. The van der Waals surface area contributed by atoms with E-state index in [0.29, 0.717) is 23.6 Å². The lowest BCUT2D eigenvalue weighted by molar-refractivity contribution is 0.0917. The molecular formula is C21H23N3O3. The summed E-state index contributed by atoms with van der Waals surface area (Å²) in [6, 6.07) is 13.0. The molecule has 2 aromatic carbocycles. The van der Waals surface area contributed by atoms with Gasteiger partial charge in [-0.2, -0.15) is 0 Å². The number of ether oxygens (including phenoxy) is 1. The summed E-state index contributed by atoms with van der Waals surface area (Å²) < 4.78 is 5.91. The topological polar surface area (TPSA) is 101 Å². The van der Waals surface area contributed by atoms with Crippen LogP contribution in [-0.2, 0) is 0 Å². The van der Waals surface area contributed by atoms with Crippen LogP contribution < -0.4 is 10.5 Å². The number of aliphatic hydroxyl groups is 1. The summed E-state index contributed by atoms with van der Waals surface area (Å²) in [5.41, 5.74) is 8.28. The first kappa shape index (κ1) is 17.5.